The summed E-state index contributed by atoms with van der Waals surface area (Å²) in [6, 6.07) is 11.6. The largest absolute Gasteiger partial charge is 0.354 e. The normalized spacial score (nSPS) is 16.6. The first kappa shape index (κ1) is 18.0. The lowest BCUT2D eigenvalue weighted by atomic mass is 9.97. The summed E-state index contributed by atoms with van der Waals surface area (Å²) < 4.78 is 0. The number of carbonyl (C=O) groups excluding carboxylic acids is 1. The van der Waals surface area contributed by atoms with Gasteiger partial charge in [-0.15, -0.1) is 10.2 Å². The molecule has 1 N–H and O–H groups in total. The van der Waals surface area contributed by atoms with Gasteiger partial charge < -0.3 is 10.2 Å². The zero-order valence-electron chi connectivity index (χ0n) is 15.5. The molecule has 1 aliphatic rings. The van der Waals surface area contributed by atoms with Gasteiger partial charge in [0, 0.05) is 50.0 Å². The van der Waals surface area contributed by atoms with E-state index in [1.807, 2.05) is 36.4 Å². The molecule has 1 amide bonds. The fourth-order valence-corrected chi connectivity index (χ4v) is 3.41. The van der Waals surface area contributed by atoms with Gasteiger partial charge in [0.15, 0.2) is 5.82 Å². The van der Waals surface area contributed by atoms with Gasteiger partial charge in [0.2, 0.25) is 5.91 Å². The number of nitrogens with one attached hydrogen (secondary N) is 1. The Morgan fingerprint density at radius 3 is 2.71 bits per heavy atom. The van der Waals surface area contributed by atoms with Crippen molar-refractivity contribution in [1.29, 1.82) is 0 Å². The Morgan fingerprint density at radius 1 is 1.07 bits per heavy atom. The van der Waals surface area contributed by atoms with Crippen LogP contribution in [0, 0.1) is 5.92 Å². The van der Waals surface area contributed by atoms with Crippen molar-refractivity contribution in [2.75, 3.05) is 18.0 Å². The summed E-state index contributed by atoms with van der Waals surface area (Å²) in [5.41, 5.74) is 2.80. The standard InChI is InChI=1S/C21H22N6O/c28-21(24-14-16-3-1-9-23-13-16)18-4-2-12-27(15-18)20-6-5-19(25-26-20)17-7-10-22-11-8-17/h1,3,5-11,13,18H,2,4,12,14-15H2,(H,24,28). The van der Waals surface area contributed by atoms with Gasteiger partial charge in [-0.05, 0) is 48.7 Å². The zero-order valence-corrected chi connectivity index (χ0v) is 15.5. The Morgan fingerprint density at radius 2 is 1.96 bits per heavy atom. The molecule has 0 radical (unpaired) electrons. The molecule has 28 heavy (non-hydrogen) atoms. The minimum Gasteiger partial charge on any atom is -0.354 e. The van der Waals surface area contributed by atoms with Crippen LogP contribution in [0.25, 0.3) is 11.3 Å². The Labute approximate surface area is 163 Å². The van der Waals surface area contributed by atoms with E-state index in [-0.39, 0.29) is 11.8 Å². The number of pyridine rings is 2. The van der Waals surface area contributed by atoms with Gasteiger partial charge in [-0.1, -0.05) is 6.07 Å². The molecule has 7 heteroatoms. The van der Waals surface area contributed by atoms with Gasteiger partial charge >= 0.3 is 0 Å². The molecule has 0 saturated carbocycles. The van der Waals surface area contributed by atoms with E-state index in [0.29, 0.717) is 13.1 Å². The summed E-state index contributed by atoms with van der Waals surface area (Å²) in [5, 5.41) is 11.7. The first-order valence-electron chi connectivity index (χ1n) is 9.45. The summed E-state index contributed by atoms with van der Waals surface area (Å²) in [6.45, 7) is 2.04. The van der Waals surface area contributed by atoms with Crippen molar-refractivity contribution in [2.24, 2.45) is 5.92 Å². The molecule has 0 aromatic carbocycles. The molecule has 1 saturated heterocycles. The Hall–Kier alpha value is -3.35. The van der Waals surface area contributed by atoms with E-state index in [9.17, 15) is 4.79 Å². The smallest absolute Gasteiger partial charge is 0.225 e. The van der Waals surface area contributed by atoms with Crippen LogP contribution in [0.4, 0.5) is 5.82 Å². The molecule has 4 rings (SSSR count). The molecular formula is C21H22N6O. The molecule has 3 aromatic rings. The van der Waals surface area contributed by atoms with Crippen LogP contribution >= 0.6 is 0 Å². The number of carbonyl (C=O) groups is 1. The highest BCUT2D eigenvalue weighted by molar-refractivity contribution is 5.79. The van der Waals surface area contributed by atoms with E-state index < -0.39 is 0 Å². The van der Waals surface area contributed by atoms with Crippen molar-refractivity contribution in [1.82, 2.24) is 25.5 Å². The molecule has 0 aliphatic carbocycles. The number of hydrogen-bond donors (Lipinski definition) is 1. The Balaban J connectivity index is 1.37. The number of hydrogen-bond acceptors (Lipinski definition) is 6. The van der Waals surface area contributed by atoms with Gasteiger partial charge in [0.25, 0.3) is 0 Å². The predicted octanol–water partition coefficient (Wildman–Crippen LogP) is 2.47. The molecule has 1 aliphatic heterocycles. The molecule has 1 fully saturated rings. The van der Waals surface area contributed by atoms with Crippen LogP contribution in [0.15, 0.2) is 61.2 Å². The van der Waals surface area contributed by atoms with Gasteiger partial charge in [0.05, 0.1) is 11.6 Å². The molecule has 1 atom stereocenters. The topological polar surface area (TPSA) is 83.9 Å². The fourth-order valence-electron chi connectivity index (χ4n) is 3.41. The minimum absolute atomic E-state index is 0.0490. The van der Waals surface area contributed by atoms with Crippen molar-refractivity contribution < 1.29 is 4.79 Å². The van der Waals surface area contributed by atoms with Crippen molar-refractivity contribution in [3.8, 4) is 11.3 Å². The van der Waals surface area contributed by atoms with E-state index >= 15 is 0 Å². The molecule has 142 valence electrons. The van der Waals surface area contributed by atoms with Crippen LogP contribution in [0.3, 0.4) is 0 Å². The van der Waals surface area contributed by atoms with Crippen LogP contribution in [-0.2, 0) is 11.3 Å². The number of aromatic nitrogens is 4. The highest BCUT2D eigenvalue weighted by Crippen LogP contribution is 2.23. The molecule has 0 spiro atoms. The number of anilines is 1. The SMILES string of the molecule is O=C(NCc1cccnc1)C1CCCN(c2ccc(-c3ccncc3)nn2)C1. The average molecular weight is 374 g/mol. The van der Waals surface area contributed by atoms with Gasteiger partial charge in [-0.25, -0.2) is 0 Å². The third kappa shape index (κ3) is 4.31. The van der Waals surface area contributed by atoms with Gasteiger partial charge in [-0.3, -0.25) is 14.8 Å². The lowest BCUT2D eigenvalue weighted by Gasteiger charge is -2.32. The molecule has 7 nitrogen and oxygen atoms in total. The van der Waals surface area contributed by atoms with E-state index in [4.69, 9.17) is 0 Å². The predicted molar refractivity (Wildman–Crippen MR) is 106 cm³/mol. The fraction of sp³-hybridized carbons (Fsp3) is 0.286. The maximum atomic E-state index is 12.6. The third-order valence-corrected chi connectivity index (χ3v) is 4.93. The highest BCUT2D eigenvalue weighted by Gasteiger charge is 2.26. The lowest BCUT2D eigenvalue weighted by molar-refractivity contribution is -0.125. The summed E-state index contributed by atoms with van der Waals surface area (Å²) in [7, 11) is 0. The van der Waals surface area contributed by atoms with Gasteiger partial charge in [-0.2, -0.15) is 0 Å². The van der Waals surface area contributed by atoms with Crippen molar-refractivity contribution in [3.63, 3.8) is 0 Å². The molecule has 3 aromatic heterocycles. The molecular weight excluding hydrogens is 352 g/mol. The first-order valence-corrected chi connectivity index (χ1v) is 9.45. The summed E-state index contributed by atoms with van der Waals surface area (Å²) >= 11 is 0. The second kappa shape index (κ2) is 8.56. The maximum Gasteiger partial charge on any atom is 0.225 e. The number of nitrogens with zero attached hydrogens (tertiary/aromatic N) is 5. The maximum absolute atomic E-state index is 12.6. The van der Waals surface area contributed by atoms with Crippen LogP contribution in [0.2, 0.25) is 0 Å². The van der Waals surface area contributed by atoms with Crippen molar-refractivity contribution in [2.45, 2.75) is 19.4 Å². The number of rotatable bonds is 5. The highest BCUT2D eigenvalue weighted by atomic mass is 16.1. The van der Waals surface area contributed by atoms with Crippen LogP contribution in [-0.4, -0.2) is 39.2 Å². The Kier molecular flexibility index (Phi) is 5.51. The monoisotopic (exact) mass is 374 g/mol. The summed E-state index contributed by atoms with van der Waals surface area (Å²) in [5.74, 6) is 0.838. The average Bonchev–Trinajstić information content (AvgIpc) is 2.79. The quantitative estimate of drug-likeness (QED) is 0.739. The van der Waals surface area contributed by atoms with E-state index in [1.54, 1.807) is 24.8 Å². The lowest BCUT2D eigenvalue weighted by Crippen LogP contribution is -2.43. The minimum atomic E-state index is -0.0490. The molecule has 0 bridgehead atoms. The number of amides is 1. The van der Waals surface area contributed by atoms with Crippen LogP contribution in [0.1, 0.15) is 18.4 Å². The van der Waals surface area contributed by atoms with Crippen molar-refractivity contribution >= 4 is 11.7 Å². The van der Waals surface area contributed by atoms with Crippen LogP contribution in [0.5, 0.6) is 0 Å². The Bertz CT molecular complexity index is 901. The summed E-state index contributed by atoms with van der Waals surface area (Å²) in [4.78, 5) is 22.8. The third-order valence-electron chi connectivity index (χ3n) is 4.93. The summed E-state index contributed by atoms with van der Waals surface area (Å²) in [6.07, 6.45) is 8.82. The van der Waals surface area contributed by atoms with Crippen LogP contribution < -0.4 is 10.2 Å². The first-order chi connectivity index (χ1) is 13.8. The zero-order chi connectivity index (χ0) is 19.2. The van der Waals surface area contributed by atoms with Crippen molar-refractivity contribution in [3.05, 3.63) is 66.7 Å². The van der Waals surface area contributed by atoms with Gasteiger partial charge in [0.1, 0.15) is 0 Å². The second-order valence-electron chi connectivity index (χ2n) is 6.88. The van der Waals surface area contributed by atoms with E-state index in [2.05, 4.69) is 30.4 Å². The second-order valence-corrected chi connectivity index (χ2v) is 6.88. The molecule has 4 heterocycles. The number of piperidine rings is 1. The van der Waals surface area contributed by atoms with E-state index in [1.165, 1.54) is 0 Å². The van der Waals surface area contributed by atoms with E-state index in [0.717, 1.165) is 42.0 Å². The molecule has 1 unspecified atom stereocenters.